The number of carbonyl (C=O) groups is 1. The first-order chi connectivity index (χ1) is 14.2. The molecule has 30 heavy (non-hydrogen) atoms. The lowest BCUT2D eigenvalue weighted by molar-refractivity contribution is -0.137. The fraction of sp³-hybridized carbons (Fsp3) is 0.0909. The Morgan fingerprint density at radius 3 is 2.60 bits per heavy atom. The molecule has 0 unspecified atom stereocenters. The minimum Gasteiger partial charge on any atom is -0.457 e. The summed E-state index contributed by atoms with van der Waals surface area (Å²) in [5, 5.41) is 12.3. The summed E-state index contributed by atoms with van der Waals surface area (Å²) in [5.74, 6) is -0.346. The summed E-state index contributed by atoms with van der Waals surface area (Å²) in [5.41, 5.74) is 0.435. The van der Waals surface area contributed by atoms with Crippen LogP contribution in [0.5, 0.6) is 0 Å². The second-order valence-corrected chi connectivity index (χ2v) is 6.78. The molecule has 0 atom stereocenters. The number of hydrogen-bond acceptors (Lipinski definition) is 3. The van der Waals surface area contributed by atoms with Gasteiger partial charge in [-0.15, -0.1) is 0 Å². The summed E-state index contributed by atoms with van der Waals surface area (Å²) in [4.78, 5) is 12.4. The molecule has 1 amide bonds. The molecule has 0 aliphatic rings. The molecule has 8 heteroatoms. The van der Waals surface area contributed by atoms with Crippen LogP contribution in [0.15, 0.2) is 64.6 Å². The number of nitrogens with zero attached hydrogens (tertiary/aromatic N) is 1. The number of halogens is 4. The van der Waals surface area contributed by atoms with Gasteiger partial charge in [-0.3, -0.25) is 4.79 Å². The van der Waals surface area contributed by atoms with Crippen LogP contribution in [0.3, 0.4) is 0 Å². The summed E-state index contributed by atoms with van der Waals surface area (Å²) in [6.45, 7) is 1.81. The standard InChI is InChI=1S/C22H14ClF3N2O2/c1-13-5-6-17(11-19(13)23)28-21(29)15(12-27)10-18-7-8-20(30-18)14-3-2-4-16(9-14)22(24,25)26/h2-11H,1H3,(H,28,29)/b15-10-. The molecule has 0 bridgehead atoms. The molecule has 1 heterocycles. The van der Waals surface area contributed by atoms with Crippen molar-refractivity contribution in [1.29, 1.82) is 5.26 Å². The highest BCUT2D eigenvalue weighted by molar-refractivity contribution is 6.31. The van der Waals surface area contributed by atoms with Crippen molar-refractivity contribution in [1.82, 2.24) is 0 Å². The average molecular weight is 431 g/mol. The van der Waals surface area contributed by atoms with Crippen LogP contribution < -0.4 is 5.32 Å². The number of hydrogen-bond donors (Lipinski definition) is 1. The van der Waals surface area contributed by atoms with Gasteiger partial charge in [-0.1, -0.05) is 29.8 Å². The fourth-order valence-corrected chi connectivity index (χ4v) is 2.77. The number of nitriles is 1. The Balaban J connectivity index is 1.82. The molecule has 0 aliphatic heterocycles. The lowest BCUT2D eigenvalue weighted by Crippen LogP contribution is -2.13. The van der Waals surface area contributed by atoms with Gasteiger partial charge in [0.15, 0.2) is 0 Å². The Labute approximate surface area is 175 Å². The van der Waals surface area contributed by atoms with Crippen molar-refractivity contribution in [3.8, 4) is 17.4 Å². The van der Waals surface area contributed by atoms with Crippen molar-refractivity contribution in [3.63, 3.8) is 0 Å². The van der Waals surface area contributed by atoms with E-state index in [1.807, 2.05) is 6.92 Å². The molecule has 1 aromatic heterocycles. The zero-order chi connectivity index (χ0) is 21.9. The zero-order valence-electron chi connectivity index (χ0n) is 15.5. The Morgan fingerprint density at radius 1 is 1.17 bits per heavy atom. The summed E-state index contributed by atoms with van der Waals surface area (Å²) in [6.07, 6.45) is -3.27. The van der Waals surface area contributed by atoms with E-state index < -0.39 is 17.6 Å². The molecule has 3 aromatic rings. The van der Waals surface area contributed by atoms with Crippen molar-refractivity contribution >= 4 is 29.3 Å². The van der Waals surface area contributed by atoms with Crippen LogP contribution in [0.1, 0.15) is 16.9 Å². The van der Waals surface area contributed by atoms with Gasteiger partial charge in [-0.25, -0.2) is 0 Å². The van der Waals surface area contributed by atoms with E-state index in [1.54, 1.807) is 24.3 Å². The van der Waals surface area contributed by atoms with Crippen molar-refractivity contribution in [2.75, 3.05) is 5.32 Å². The topological polar surface area (TPSA) is 66.0 Å². The number of aryl methyl sites for hydroxylation is 1. The zero-order valence-corrected chi connectivity index (χ0v) is 16.3. The second kappa shape index (κ2) is 8.47. The maximum atomic E-state index is 12.9. The third-order valence-corrected chi connectivity index (χ3v) is 4.59. The van der Waals surface area contributed by atoms with Gasteiger partial charge in [0.1, 0.15) is 23.2 Å². The summed E-state index contributed by atoms with van der Waals surface area (Å²) in [6, 6.07) is 14.3. The Kier molecular flexibility index (Phi) is 5.99. The van der Waals surface area contributed by atoms with E-state index in [-0.39, 0.29) is 22.7 Å². The molecule has 4 nitrogen and oxygen atoms in total. The predicted octanol–water partition coefficient (Wildman–Crippen LogP) is 6.47. The third kappa shape index (κ3) is 4.91. The SMILES string of the molecule is Cc1ccc(NC(=O)/C(C#N)=C\c2ccc(-c3cccc(C(F)(F)F)c3)o2)cc1Cl. The quantitative estimate of drug-likeness (QED) is 0.381. The van der Waals surface area contributed by atoms with Gasteiger partial charge >= 0.3 is 6.18 Å². The number of nitrogens with one attached hydrogen (secondary N) is 1. The number of furan rings is 1. The molecule has 0 saturated carbocycles. The lowest BCUT2D eigenvalue weighted by Gasteiger charge is -2.07. The van der Waals surface area contributed by atoms with Gasteiger partial charge < -0.3 is 9.73 Å². The van der Waals surface area contributed by atoms with E-state index in [0.717, 1.165) is 17.7 Å². The van der Waals surface area contributed by atoms with Crippen LogP contribution in [-0.4, -0.2) is 5.91 Å². The Bertz CT molecular complexity index is 1170. The van der Waals surface area contributed by atoms with Crippen LogP contribution in [-0.2, 0) is 11.0 Å². The minimum absolute atomic E-state index is 0.149. The molecule has 1 N–H and O–H groups in total. The number of anilines is 1. The molecule has 3 rings (SSSR count). The number of rotatable bonds is 4. The van der Waals surface area contributed by atoms with E-state index in [4.69, 9.17) is 16.0 Å². The minimum atomic E-state index is -4.48. The monoisotopic (exact) mass is 430 g/mol. The van der Waals surface area contributed by atoms with Gasteiger partial charge in [-0.05, 0) is 48.9 Å². The fourth-order valence-electron chi connectivity index (χ4n) is 2.59. The molecule has 0 radical (unpaired) electrons. The highest BCUT2D eigenvalue weighted by Crippen LogP contribution is 2.33. The largest absolute Gasteiger partial charge is 0.457 e. The van der Waals surface area contributed by atoms with E-state index in [9.17, 15) is 23.2 Å². The molecule has 0 spiro atoms. The number of benzene rings is 2. The number of alkyl halides is 3. The first kappa shape index (κ1) is 21.2. The van der Waals surface area contributed by atoms with Crippen LogP contribution in [0.4, 0.5) is 18.9 Å². The maximum absolute atomic E-state index is 12.9. The summed E-state index contributed by atoms with van der Waals surface area (Å²) >= 11 is 6.02. The predicted molar refractivity (Wildman–Crippen MR) is 108 cm³/mol. The molecule has 0 saturated heterocycles. The lowest BCUT2D eigenvalue weighted by atomic mass is 10.1. The van der Waals surface area contributed by atoms with Gasteiger partial charge in [0, 0.05) is 22.3 Å². The first-order valence-corrected chi connectivity index (χ1v) is 9.02. The van der Waals surface area contributed by atoms with Crippen LogP contribution >= 0.6 is 11.6 Å². The van der Waals surface area contributed by atoms with Gasteiger partial charge in [-0.2, -0.15) is 18.4 Å². The molecule has 2 aromatic carbocycles. The molecule has 0 fully saturated rings. The van der Waals surface area contributed by atoms with Crippen LogP contribution in [0.2, 0.25) is 5.02 Å². The van der Waals surface area contributed by atoms with E-state index in [2.05, 4.69) is 5.32 Å². The van der Waals surface area contributed by atoms with E-state index >= 15 is 0 Å². The Morgan fingerprint density at radius 2 is 1.93 bits per heavy atom. The van der Waals surface area contributed by atoms with Crippen molar-refractivity contribution in [2.24, 2.45) is 0 Å². The normalized spacial score (nSPS) is 11.8. The maximum Gasteiger partial charge on any atom is 0.416 e. The van der Waals surface area contributed by atoms with Gasteiger partial charge in [0.2, 0.25) is 0 Å². The molecular weight excluding hydrogens is 417 g/mol. The molecular formula is C22H14ClF3N2O2. The van der Waals surface area contributed by atoms with Crippen molar-refractivity contribution in [2.45, 2.75) is 13.1 Å². The van der Waals surface area contributed by atoms with Gasteiger partial charge in [0.05, 0.1) is 5.56 Å². The number of amides is 1. The molecule has 152 valence electrons. The summed E-state index contributed by atoms with van der Waals surface area (Å²) in [7, 11) is 0. The highest BCUT2D eigenvalue weighted by atomic mass is 35.5. The third-order valence-electron chi connectivity index (χ3n) is 4.18. The van der Waals surface area contributed by atoms with E-state index in [0.29, 0.717) is 10.7 Å². The molecule has 0 aliphatic carbocycles. The van der Waals surface area contributed by atoms with Crippen molar-refractivity contribution in [3.05, 3.63) is 82.1 Å². The summed E-state index contributed by atoms with van der Waals surface area (Å²) < 4.78 is 44.2. The smallest absolute Gasteiger partial charge is 0.416 e. The van der Waals surface area contributed by atoms with Gasteiger partial charge in [0.25, 0.3) is 5.91 Å². The average Bonchev–Trinajstić information content (AvgIpc) is 3.17. The van der Waals surface area contributed by atoms with Crippen LogP contribution in [0.25, 0.3) is 17.4 Å². The van der Waals surface area contributed by atoms with E-state index in [1.165, 1.54) is 30.3 Å². The Hall–Kier alpha value is -3.50. The highest BCUT2D eigenvalue weighted by Gasteiger charge is 2.30. The van der Waals surface area contributed by atoms with Crippen LogP contribution in [0, 0.1) is 18.3 Å². The first-order valence-electron chi connectivity index (χ1n) is 8.64. The number of carbonyl (C=O) groups excluding carboxylic acids is 1. The second-order valence-electron chi connectivity index (χ2n) is 6.37. The van der Waals surface area contributed by atoms with Crippen molar-refractivity contribution < 1.29 is 22.4 Å².